The van der Waals surface area contributed by atoms with Gasteiger partial charge in [0.1, 0.15) is 0 Å². The molecule has 0 heterocycles. The van der Waals surface area contributed by atoms with Gasteiger partial charge in [-0.25, -0.2) is 4.39 Å². The molecule has 2 rings (SSSR count). The molecule has 0 aliphatic heterocycles. The van der Waals surface area contributed by atoms with E-state index in [9.17, 15) is 13.2 Å². The van der Waals surface area contributed by atoms with E-state index in [-0.39, 0.29) is 5.56 Å². The second-order valence-corrected chi connectivity index (χ2v) is 3.49. The van der Waals surface area contributed by atoms with Crippen LogP contribution >= 0.6 is 0 Å². The number of benzene rings is 2. The number of hydrogen-bond acceptors (Lipinski definition) is 0. The summed E-state index contributed by atoms with van der Waals surface area (Å²) >= 11 is 0. The van der Waals surface area contributed by atoms with E-state index in [4.69, 9.17) is 0 Å². The third-order valence-corrected chi connectivity index (χ3v) is 2.41. The molecule has 0 amide bonds. The molecule has 0 radical (unpaired) electrons. The van der Waals surface area contributed by atoms with Crippen molar-refractivity contribution in [1.82, 2.24) is 0 Å². The Kier molecular flexibility index (Phi) is 3.28. The van der Waals surface area contributed by atoms with E-state index >= 15 is 0 Å². The highest BCUT2D eigenvalue weighted by molar-refractivity contribution is 5.78. The smallest absolute Gasteiger partial charge is 0.200 e. The lowest BCUT2D eigenvalue weighted by Crippen LogP contribution is -1.86. The SMILES string of the molecule is FC(F)=C(F)c1ccccc1-c1ccccc1. The number of halogens is 3. The molecule has 0 aliphatic rings. The summed E-state index contributed by atoms with van der Waals surface area (Å²) in [5.74, 6) is -1.47. The average Bonchev–Trinajstić information content (AvgIpc) is 2.39. The maximum Gasteiger partial charge on any atom is 0.306 e. The zero-order valence-corrected chi connectivity index (χ0v) is 8.83. The summed E-state index contributed by atoms with van der Waals surface area (Å²) in [7, 11) is 0. The highest BCUT2D eigenvalue weighted by Gasteiger charge is 2.13. The molecule has 0 spiro atoms. The molecule has 0 aliphatic carbocycles. The Morgan fingerprint density at radius 2 is 1.29 bits per heavy atom. The fraction of sp³-hybridized carbons (Fsp3) is 0. The van der Waals surface area contributed by atoms with Crippen LogP contribution in [0.5, 0.6) is 0 Å². The van der Waals surface area contributed by atoms with Crippen molar-refractivity contribution in [3.63, 3.8) is 0 Å². The fourth-order valence-electron chi connectivity index (χ4n) is 1.65. The van der Waals surface area contributed by atoms with E-state index in [0.717, 1.165) is 0 Å². The average molecular weight is 234 g/mol. The van der Waals surface area contributed by atoms with Gasteiger partial charge in [0.2, 0.25) is 0 Å². The van der Waals surface area contributed by atoms with Crippen LogP contribution in [-0.4, -0.2) is 0 Å². The molecular weight excluding hydrogens is 225 g/mol. The molecule has 2 aromatic carbocycles. The van der Waals surface area contributed by atoms with Gasteiger partial charge in [0, 0.05) is 5.56 Å². The van der Waals surface area contributed by atoms with Crippen molar-refractivity contribution in [2.45, 2.75) is 0 Å². The fourth-order valence-corrected chi connectivity index (χ4v) is 1.65. The maximum atomic E-state index is 13.3. The standard InChI is InChI=1S/C14H9F3/c15-13(14(16)17)12-9-5-4-8-11(12)10-6-2-1-3-7-10/h1-9H. The molecular formula is C14H9F3. The summed E-state index contributed by atoms with van der Waals surface area (Å²) in [5, 5.41) is 0. The summed E-state index contributed by atoms with van der Waals surface area (Å²) in [6.45, 7) is 0. The lowest BCUT2D eigenvalue weighted by Gasteiger charge is -2.07. The molecule has 0 N–H and O–H groups in total. The van der Waals surface area contributed by atoms with Crippen molar-refractivity contribution in [3.05, 3.63) is 66.2 Å². The summed E-state index contributed by atoms with van der Waals surface area (Å²) in [6.07, 6.45) is -2.30. The Balaban J connectivity index is 2.61. The summed E-state index contributed by atoms with van der Waals surface area (Å²) < 4.78 is 38.0. The molecule has 0 unspecified atom stereocenters. The third kappa shape index (κ3) is 2.38. The minimum atomic E-state index is -2.30. The van der Waals surface area contributed by atoms with Gasteiger partial charge in [-0.2, -0.15) is 8.78 Å². The Bertz CT molecular complexity index is 540. The lowest BCUT2D eigenvalue weighted by molar-refractivity contribution is 0.410. The molecule has 0 saturated carbocycles. The molecule has 2 aromatic rings. The lowest BCUT2D eigenvalue weighted by atomic mass is 9.99. The van der Waals surface area contributed by atoms with E-state index < -0.39 is 11.9 Å². The first-order chi connectivity index (χ1) is 8.20. The predicted molar refractivity (Wildman–Crippen MR) is 62.1 cm³/mol. The molecule has 86 valence electrons. The van der Waals surface area contributed by atoms with E-state index in [1.54, 1.807) is 36.4 Å². The monoisotopic (exact) mass is 234 g/mol. The molecule has 0 saturated heterocycles. The van der Waals surface area contributed by atoms with Crippen LogP contribution < -0.4 is 0 Å². The van der Waals surface area contributed by atoms with Gasteiger partial charge in [-0.15, -0.1) is 0 Å². The van der Waals surface area contributed by atoms with Crippen LogP contribution in [0.25, 0.3) is 17.0 Å². The Morgan fingerprint density at radius 1 is 0.706 bits per heavy atom. The van der Waals surface area contributed by atoms with Gasteiger partial charge in [-0.3, -0.25) is 0 Å². The second-order valence-electron chi connectivity index (χ2n) is 3.49. The third-order valence-electron chi connectivity index (χ3n) is 2.41. The topological polar surface area (TPSA) is 0 Å². The molecule has 0 fully saturated rings. The van der Waals surface area contributed by atoms with Gasteiger partial charge in [-0.05, 0) is 11.1 Å². The van der Waals surface area contributed by atoms with Crippen LogP contribution in [0.1, 0.15) is 5.56 Å². The van der Waals surface area contributed by atoms with Crippen molar-refractivity contribution in [2.24, 2.45) is 0 Å². The van der Waals surface area contributed by atoms with Crippen molar-refractivity contribution < 1.29 is 13.2 Å². The van der Waals surface area contributed by atoms with Crippen LogP contribution in [-0.2, 0) is 0 Å². The summed E-state index contributed by atoms with van der Waals surface area (Å²) in [5.41, 5.74) is 1.08. The van der Waals surface area contributed by atoms with Crippen molar-refractivity contribution in [1.29, 1.82) is 0 Å². The molecule has 0 nitrogen and oxygen atoms in total. The second kappa shape index (κ2) is 4.87. The first-order valence-corrected chi connectivity index (χ1v) is 5.05. The first-order valence-electron chi connectivity index (χ1n) is 5.05. The predicted octanol–water partition coefficient (Wildman–Crippen LogP) is 4.89. The van der Waals surface area contributed by atoms with Gasteiger partial charge < -0.3 is 0 Å². The van der Waals surface area contributed by atoms with E-state index in [1.807, 2.05) is 6.07 Å². The Morgan fingerprint density at radius 3 is 1.94 bits per heavy atom. The summed E-state index contributed by atoms with van der Waals surface area (Å²) in [4.78, 5) is 0. The van der Waals surface area contributed by atoms with E-state index in [2.05, 4.69) is 0 Å². The number of hydrogen-bond donors (Lipinski definition) is 0. The highest BCUT2D eigenvalue weighted by atomic mass is 19.3. The molecule has 17 heavy (non-hydrogen) atoms. The normalized spacial score (nSPS) is 10.1. The van der Waals surface area contributed by atoms with Crippen molar-refractivity contribution in [2.75, 3.05) is 0 Å². The summed E-state index contributed by atoms with van der Waals surface area (Å²) in [6, 6.07) is 15.1. The van der Waals surface area contributed by atoms with Crippen molar-refractivity contribution in [3.8, 4) is 11.1 Å². The molecule has 0 atom stereocenters. The van der Waals surface area contributed by atoms with Crippen LogP contribution in [0.2, 0.25) is 0 Å². The van der Waals surface area contributed by atoms with Gasteiger partial charge in [0.05, 0.1) is 0 Å². The number of rotatable bonds is 2. The van der Waals surface area contributed by atoms with Gasteiger partial charge >= 0.3 is 6.08 Å². The van der Waals surface area contributed by atoms with Crippen LogP contribution in [0.3, 0.4) is 0 Å². The Hall–Kier alpha value is -2.03. The van der Waals surface area contributed by atoms with Gasteiger partial charge in [-0.1, -0.05) is 54.6 Å². The molecule has 3 heteroatoms. The highest BCUT2D eigenvalue weighted by Crippen LogP contribution is 2.31. The minimum absolute atomic E-state index is 0.0845. The van der Waals surface area contributed by atoms with Crippen molar-refractivity contribution >= 4 is 5.83 Å². The van der Waals surface area contributed by atoms with E-state index in [0.29, 0.717) is 11.1 Å². The van der Waals surface area contributed by atoms with Gasteiger partial charge in [0.15, 0.2) is 5.83 Å². The first kappa shape index (κ1) is 11.5. The molecule has 0 aromatic heterocycles. The van der Waals surface area contributed by atoms with Crippen LogP contribution in [0.15, 0.2) is 60.7 Å². The molecule has 0 bridgehead atoms. The largest absolute Gasteiger partial charge is 0.306 e. The van der Waals surface area contributed by atoms with Crippen LogP contribution in [0.4, 0.5) is 13.2 Å². The quantitative estimate of drug-likeness (QED) is 0.694. The zero-order valence-electron chi connectivity index (χ0n) is 8.83. The van der Waals surface area contributed by atoms with Gasteiger partial charge in [0.25, 0.3) is 0 Å². The Labute approximate surface area is 97.0 Å². The maximum absolute atomic E-state index is 13.3. The van der Waals surface area contributed by atoms with E-state index in [1.165, 1.54) is 12.1 Å². The minimum Gasteiger partial charge on any atom is -0.200 e. The van der Waals surface area contributed by atoms with Crippen LogP contribution in [0, 0.1) is 0 Å². The zero-order chi connectivity index (χ0) is 12.3.